The summed E-state index contributed by atoms with van der Waals surface area (Å²) in [4.78, 5) is 13.9. The predicted octanol–water partition coefficient (Wildman–Crippen LogP) is 3.36. The molecule has 1 N–H and O–H groups in total. The van der Waals surface area contributed by atoms with Crippen molar-refractivity contribution in [3.8, 4) is 11.3 Å². The molecule has 4 nitrogen and oxygen atoms in total. The van der Waals surface area contributed by atoms with Crippen molar-refractivity contribution in [3.63, 3.8) is 0 Å². The van der Waals surface area contributed by atoms with Gasteiger partial charge in [-0.3, -0.25) is 9.89 Å². The number of hydrogen-bond acceptors (Lipinski definition) is 2. The third kappa shape index (κ3) is 3.53. The Morgan fingerprint density at radius 1 is 1.36 bits per heavy atom. The summed E-state index contributed by atoms with van der Waals surface area (Å²) in [5, 5.41) is 7.00. The number of H-pyrrole nitrogens is 1. The van der Waals surface area contributed by atoms with E-state index in [0.717, 1.165) is 29.2 Å². The van der Waals surface area contributed by atoms with E-state index >= 15 is 0 Å². The number of aromatic nitrogens is 2. The summed E-state index contributed by atoms with van der Waals surface area (Å²) in [6, 6.07) is 6.26. The number of carbonyl (C=O) groups excluding carboxylic acids is 1. The fraction of sp³-hybridized carbons (Fsp3) is 0.412. The number of hydrogen-bond donors (Lipinski definition) is 1. The summed E-state index contributed by atoms with van der Waals surface area (Å²) in [5.74, 6) is 0.663. The minimum atomic E-state index is -0.266. The highest BCUT2D eigenvalue weighted by molar-refractivity contribution is 5.76. The van der Waals surface area contributed by atoms with Gasteiger partial charge in [-0.1, -0.05) is 12.8 Å². The van der Waals surface area contributed by atoms with Crippen molar-refractivity contribution in [2.75, 3.05) is 7.05 Å². The van der Waals surface area contributed by atoms with Gasteiger partial charge in [0.05, 0.1) is 11.9 Å². The highest BCUT2D eigenvalue weighted by Gasteiger charge is 2.23. The van der Waals surface area contributed by atoms with Gasteiger partial charge in [-0.05, 0) is 36.6 Å². The molecule has 5 heteroatoms. The molecule has 0 radical (unpaired) electrons. The third-order valence-electron chi connectivity index (χ3n) is 4.15. The van der Waals surface area contributed by atoms with Crippen LogP contribution in [0.3, 0.4) is 0 Å². The number of amides is 1. The lowest BCUT2D eigenvalue weighted by atomic mass is 10.1. The minimum Gasteiger partial charge on any atom is -0.341 e. The maximum atomic E-state index is 13.0. The van der Waals surface area contributed by atoms with Gasteiger partial charge in [0.1, 0.15) is 5.82 Å². The van der Waals surface area contributed by atoms with Crippen LogP contribution in [0, 0.1) is 11.7 Å². The molecule has 3 rings (SSSR count). The molecule has 0 aliphatic heterocycles. The molecule has 22 heavy (non-hydrogen) atoms. The Morgan fingerprint density at radius 2 is 2.09 bits per heavy atom. The fourth-order valence-corrected chi connectivity index (χ4v) is 2.57. The highest BCUT2D eigenvalue weighted by Crippen LogP contribution is 2.33. The van der Waals surface area contributed by atoms with E-state index in [-0.39, 0.29) is 11.7 Å². The van der Waals surface area contributed by atoms with E-state index in [4.69, 9.17) is 0 Å². The lowest BCUT2D eigenvalue weighted by Crippen LogP contribution is -2.26. The van der Waals surface area contributed by atoms with Crippen molar-refractivity contribution >= 4 is 5.91 Å². The number of aromatic amines is 1. The van der Waals surface area contributed by atoms with E-state index < -0.39 is 0 Å². The molecule has 1 aliphatic rings. The van der Waals surface area contributed by atoms with Gasteiger partial charge in [-0.25, -0.2) is 4.39 Å². The second-order valence-corrected chi connectivity index (χ2v) is 6.01. The van der Waals surface area contributed by atoms with Crippen LogP contribution in [0.15, 0.2) is 30.5 Å². The van der Waals surface area contributed by atoms with Crippen molar-refractivity contribution in [1.82, 2.24) is 15.1 Å². The van der Waals surface area contributed by atoms with Crippen LogP contribution in [0.25, 0.3) is 11.3 Å². The molecule has 1 heterocycles. The normalized spacial score (nSPS) is 14.1. The molecular formula is C17H20FN3O. The average Bonchev–Trinajstić information content (AvgIpc) is 3.24. The Bertz CT molecular complexity index is 646. The summed E-state index contributed by atoms with van der Waals surface area (Å²) in [5.41, 5.74) is 2.64. The number of halogens is 1. The zero-order valence-electron chi connectivity index (χ0n) is 12.7. The van der Waals surface area contributed by atoms with Crippen LogP contribution in [-0.2, 0) is 11.3 Å². The van der Waals surface area contributed by atoms with Gasteiger partial charge in [-0.15, -0.1) is 0 Å². The molecule has 1 amide bonds. The van der Waals surface area contributed by atoms with Crippen LogP contribution in [0.5, 0.6) is 0 Å². The van der Waals surface area contributed by atoms with Gasteiger partial charge in [0, 0.05) is 31.1 Å². The second kappa shape index (κ2) is 6.30. The van der Waals surface area contributed by atoms with Gasteiger partial charge >= 0.3 is 0 Å². The Balaban J connectivity index is 1.66. The quantitative estimate of drug-likeness (QED) is 0.889. The first kappa shape index (κ1) is 14.8. The molecule has 1 aliphatic carbocycles. The van der Waals surface area contributed by atoms with Crippen molar-refractivity contribution in [2.45, 2.75) is 32.2 Å². The molecule has 1 aromatic heterocycles. The van der Waals surface area contributed by atoms with Crippen molar-refractivity contribution in [3.05, 3.63) is 41.8 Å². The van der Waals surface area contributed by atoms with E-state index in [0.29, 0.717) is 13.0 Å². The molecule has 0 atom stereocenters. The number of nitrogens with one attached hydrogen (secondary N) is 1. The third-order valence-corrected chi connectivity index (χ3v) is 4.15. The first-order chi connectivity index (χ1) is 10.6. The molecular weight excluding hydrogens is 281 g/mol. The van der Waals surface area contributed by atoms with Crippen molar-refractivity contribution in [1.29, 1.82) is 0 Å². The van der Waals surface area contributed by atoms with Crippen LogP contribution >= 0.6 is 0 Å². The van der Waals surface area contributed by atoms with E-state index in [1.54, 1.807) is 23.2 Å². The standard InChI is InChI=1S/C17H20FN3O/c1-21(16(22)9-4-12-2-3-12)11-14-10-19-20-17(14)13-5-7-15(18)8-6-13/h5-8,10,12H,2-4,9,11H2,1H3,(H,19,20). The largest absolute Gasteiger partial charge is 0.341 e. The van der Waals surface area contributed by atoms with Crippen LogP contribution in [0.2, 0.25) is 0 Å². The van der Waals surface area contributed by atoms with Crippen LogP contribution in [0.1, 0.15) is 31.2 Å². The summed E-state index contributed by atoms with van der Waals surface area (Å²) >= 11 is 0. The number of nitrogens with zero attached hydrogens (tertiary/aromatic N) is 2. The van der Waals surface area contributed by atoms with Crippen molar-refractivity contribution in [2.24, 2.45) is 5.92 Å². The summed E-state index contributed by atoms with van der Waals surface area (Å²) in [7, 11) is 1.82. The van der Waals surface area contributed by atoms with Crippen LogP contribution < -0.4 is 0 Å². The maximum Gasteiger partial charge on any atom is 0.222 e. The molecule has 0 spiro atoms. The summed E-state index contributed by atoms with van der Waals surface area (Å²) in [6.45, 7) is 0.507. The van der Waals surface area contributed by atoms with E-state index in [1.165, 1.54) is 25.0 Å². The molecule has 2 aromatic rings. The maximum absolute atomic E-state index is 13.0. The number of benzene rings is 1. The number of carbonyl (C=O) groups is 1. The van der Waals surface area contributed by atoms with Gasteiger partial charge in [0.15, 0.2) is 0 Å². The summed E-state index contributed by atoms with van der Waals surface area (Å²) in [6.07, 6.45) is 5.88. The lowest BCUT2D eigenvalue weighted by molar-refractivity contribution is -0.130. The molecule has 116 valence electrons. The SMILES string of the molecule is CN(Cc1cn[nH]c1-c1ccc(F)cc1)C(=O)CCC1CC1. The Kier molecular flexibility index (Phi) is 4.22. The molecule has 1 fully saturated rings. The van der Waals surface area contributed by atoms with Gasteiger partial charge in [0.25, 0.3) is 0 Å². The van der Waals surface area contributed by atoms with Gasteiger partial charge < -0.3 is 4.90 Å². The smallest absolute Gasteiger partial charge is 0.222 e. The highest BCUT2D eigenvalue weighted by atomic mass is 19.1. The van der Waals surface area contributed by atoms with Gasteiger partial charge in [0.2, 0.25) is 5.91 Å². The molecule has 0 bridgehead atoms. The van der Waals surface area contributed by atoms with Crippen LogP contribution in [0.4, 0.5) is 4.39 Å². The summed E-state index contributed by atoms with van der Waals surface area (Å²) < 4.78 is 13.0. The van der Waals surface area contributed by atoms with Crippen molar-refractivity contribution < 1.29 is 9.18 Å². The molecule has 1 aromatic carbocycles. The van der Waals surface area contributed by atoms with Crippen LogP contribution in [-0.4, -0.2) is 28.1 Å². The molecule has 1 saturated carbocycles. The predicted molar refractivity (Wildman–Crippen MR) is 82.4 cm³/mol. The lowest BCUT2D eigenvalue weighted by Gasteiger charge is -2.17. The first-order valence-corrected chi connectivity index (χ1v) is 7.65. The first-order valence-electron chi connectivity index (χ1n) is 7.65. The number of rotatable bonds is 6. The van der Waals surface area contributed by atoms with E-state index in [1.807, 2.05) is 7.05 Å². The second-order valence-electron chi connectivity index (χ2n) is 6.01. The monoisotopic (exact) mass is 301 g/mol. The minimum absolute atomic E-state index is 0.165. The molecule has 0 unspecified atom stereocenters. The topological polar surface area (TPSA) is 49.0 Å². The van der Waals surface area contributed by atoms with E-state index in [2.05, 4.69) is 10.2 Å². The van der Waals surface area contributed by atoms with Gasteiger partial charge in [-0.2, -0.15) is 5.10 Å². The average molecular weight is 301 g/mol. The fourth-order valence-electron chi connectivity index (χ4n) is 2.57. The Morgan fingerprint density at radius 3 is 2.77 bits per heavy atom. The Hall–Kier alpha value is -2.17. The zero-order chi connectivity index (χ0) is 15.5. The Labute approximate surface area is 129 Å². The van der Waals surface area contributed by atoms with E-state index in [9.17, 15) is 9.18 Å². The molecule has 0 saturated heterocycles. The zero-order valence-corrected chi connectivity index (χ0v) is 12.7.